The molecule has 2 heterocycles. The van der Waals surface area contributed by atoms with Crippen LogP contribution in [0.1, 0.15) is 23.6 Å². The lowest BCUT2D eigenvalue weighted by atomic mass is 10.1. The molecule has 4 aromatic rings. The SMILES string of the molecule is Cc1ccc(-c2nnc(C(C)Sc3nc4ccccc4n3C)o2)cc1. The van der Waals surface area contributed by atoms with Gasteiger partial charge in [-0.1, -0.05) is 41.6 Å². The Morgan fingerprint density at radius 1 is 1.04 bits per heavy atom. The summed E-state index contributed by atoms with van der Waals surface area (Å²) < 4.78 is 7.97. The van der Waals surface area contributed by atoms with Crippen molar-refractivity contribution in [2.75, 3.05) is 0 Å². The van der Waals surface area contributed by atoms with Crippen LogP contribution in [0.2, 0.25) is 0 Å². The van der Waals surface area contributed by atoms with E-state index in [9.17, 15) is 0 Å². The Morgan fingerprint density at radius 2 is 1.80 bits per heavy atom. The molecule has 6 heteroatoms. The molecule has 1 atom stereocenters. The third-order valence-corrected chi connectivity index (χ3v) is 5.25. The maximum absolute atomic E-state index is 5.88. The Hall–Kier alpha value is -2.60. The molecule has 0 N–H and O–H groups in total. The molecule has 4 rings (SSSR count). The first-order valence-corrected chi connectivity index (χ1v) is 8.98. The fourth-order valence-electron chi connectivity index (χ4n) is 2.65. The van der Waals surface area contributed by atoms with E-state index in [1.165, 1.54) is 5.56 Å². The molecule has 0 radical (unpaired) electrons. The van der Waals surface area contributed by atoms with Crippen LogP contribution >= 0.6 is 11.8 Å². The number of benzene rings is 2. The molecule has 0 aliphatic carbocycles. The predicted molar refractivity (Wildman–Crippen MR) is 99.5 cm³/mol. The van der Waals surface area contributed by atoms with E-state index in [1.54, 1.807) is 11.8 Å². The summed E-state index contributed by atoms with van der Waals surface area (Å²) >= 11 is 1.62. The highest BCUT2D eigenvalue weighted by Gasteiger charge is 2.19. The summed E-state index contributed by atoms with van der Waals surface area (Å²) in [6.07, 6.45) is 0. The van der Waals surface area contributed by atoms with Crippen LogP contribution in [0.15, 0.2) is 58.1 Å². The lowest BCUT2D eigenvalue weighted by molar-refractivity contribution is 0.509. The van der Waals surface area contributed by atoms with Crippen molar-refractivity contribution in [3.63, 3.8) is 0 Å². The molecular weight excluding hydrogens is 332 g/mol. The molecule has 0 amide bonds. The minimum atomic E-state index is 0.0159. The average molecular weight is 350 g/mol. The molecule has 0 aliphatic rings. The van der Waals surface area contributed by atoms with Gasteiger partial charge in [0.25, 0.3) is 0 Å². The molecule has 126 valence electrons. The van der Waals surface area contributed by atoms with Crippen LogP contribution in [0.3, 0.4) is 0 Å². The Morgan fingerprint density at radius 3 is 2.56 bits per heavy atom. The van der Waals surface area contributed by atoms with Crippen molar-refractivity contribution in [1.82, 2.24) is 19.7 Å². The second-order valence-corrected chi connectivity index (χ2v) is 7.32. The lowest BCUT2D eigenvalue weighted by Gasteiger charge is -2.06. The van der Waals surface area contributed by atoms with Gasteiger partial charge in [-0.25, -0.2) is 4.98 Å². The number of aromatic nitrogens is 4. The molecule has 2 aromatic carbocycles. The van der Waals surface area contributed by atoms with Crippen molar-refractivity contribution in [3.8, 4) is 11.5 Å². The van der Waals surface area contributed by atoms with Gasteiger partial charge in [-0.2, -0.15) is 0 Å². The monoisotopic (exact) mass is 350 g/mol. The maximum atomic E-state index is 5.88. The number of hydrogen-bond acceptors (Lipinski definition) is 5. The summed E-state index contributed by atoms with van der Waals surface area (Å²) in [5, 5.41) is 9.36. The van der Waals surface area contributed by atoms with E-state index in [-0.39, 0.29) is 5.25 Å². The maximum Gasteiger partial charge on any atom is 0.247 e. The van der Waals surface area contributed by atoms with Crippen molar-refractivity contribution in [1.29, 1.82) is 0 Å². The van der Waals surface area contributed by atoms with Gasteiger partial charge in [0.1, 0.15) is 0 Å². The van der Waals surface area contributed by atoms with E-state index in [4.69, 9.17) is 4.42 Å². The van der Waals surface area contributed by atoms with Gasteiger partial charge in [-0.15, -0.1) is 10.2 Å². The highest BCUT2D eigenvalue weighted by molar-refractivity contribution is 7.99. The van der Waals surface area contributed by atoms with Crippen molar-refractivity contribution in [3.05, 3.63) is 60.0 Å². The number of imidazole rings is 1. The third-order valence-electron chi connectivity index (χ3n) is 4.12. The van der Waals surface area contributed by atoms with Gasteiger partial charge in [0.05, 0.1) is 16.3 Å². The highest BCUT2D eigenvalue weighted by atomic mass is 32.2. The first kappa shape index (κ1) is 15.9. The molecule has 0 saturated carbocycles. The molecular formula is C19H18N4OS. The first-order chi connectivity index (χ1) is 12.1. The van der Waals surface area contributed by atoms with E-state index in [2.05, 4.69) is 39.7 Å². The van der Waals surface area contributed by atoms with Gasteiger partial charge >= 0.3 is 0 Å². The van der Waals surface area contributed by atoms with Gasteiger partial charge in [-0.05, 0) is 38.1 Å². The van der Waals surface area contributed by atoms with E-state index >= 15 is 0 Å². The molecule has 0 bridgehead atoms. The van der Waals surface area contributed by atoms with Crippen LogP contribution in [-0.2, 0) is 7.05 Å². The van der Waals surface area contributed by atoms with Crippen molar-refractivity contribution >= 4 is 22.8 Å². The third kappa shape index (κ3) is 3.05. The minimum Gasteiger partial charge on any atom is -0.419 e. The minimum absolute atomic E-state index is 0.0159. The lowest BCUT2D eigenvalue weighted by Crippen LogP contribution is -1.94. The number of hydrogen-bond donors (Lipinski definition) is 0. The quantitative estimate of drug-likeness (QED) is 0.496. The Bertz CT molecular complexity index is 1020. The van der Waals surface area contributed by atoms with Crippen LogP contribution in [0.25, 0.3) is 22.5 Å². The van der Waals surface area contributed by atoms with E-state index in [0.717, 1.165) is 21.8 Å². The number of thioether (sulfide) groups is 1. The van der Waals surface area contributed by atoms with Crippen molar-refractivity contribution in [2.24, 2.45) is 7.05 Å². The molecule has 25 heavy (non-hydrogen) atoms. The van der Waals surface area contributed by atoms with Gasteiger partial charge in [0.2, 0.25) is 11.8 Å². The molecule has 2 aromatic heterocycles. The van der Waals surface area contributed by atoms with E-state index in [0.29, 0.717) is 11.8 Å². The fraction of sp³-hybridized carbons (Fsp3) is 0.211. The van der Waals surface area contributed by atoms with Crippen LogP contribution in [0, 0.1) is 6.92 Å². The summed E-state index contributed by atoms with van der Waals surface area (Å²) in [5.74, 6) is 1.15. The van der Waals surface area contributed by atoms with E-state index in [1.807, 2.05) is 49.5 Å². The Balaban J connectivity index is 1.57. The summed E-state index contributed by atoms with van der Waals surface area (Å²) in [6.45, 7) is 4.11. The average Bonchev–Trinajstić information content (AvgIpc) is 3.22. The zero-order valence-electron chi connectivity index (χ0n) is 14.3. The van der Waals surface area contributed by atoms with Gasteiger partial charge in [0.15, 0.2) is 5.16 Å². The van der Waals surface area contributed by atoms with Gasteiger partial charge in [-0.3, -0.25) is 0 Å². The zero-order chi connectivity index (χ0) is 17.4. The second kappa shape index (κ2) is 6.37. The smallest absolute Gasteiger partial charge is 0.247 e. The number of nitrogens with zero attached hydrogens (tertiary/aromatic N) is 4. The van der Waals surface area contributed by atoms with Crippen LogP contribution in [-0.4, -0.2) is 19.7 Å². The topological polar surface area (TPSA) is 56.7 Å². The second-order valence-electron chi connectivity index (χ2n) is 6.01. The van der Waals surface area contributed by atoms with Crippen LogP contribution in [0.4, 0.5) is 0 Å². The fourth-order valence-corrected chi connectivity index (χ4v) is 3.57. The highest BCUT2D eigenvalue weighted by Crippen LogP contribution is 2.35. The molecule has 5 nitrogen and oxygen atoms in total. The summed E-state index contributed by atoms with van der Waals surface area (Å²) in [4.78, 5) is 4.69. The number of para-hydroxylation sites is 2. The van der Waals surface area contributed by atoms with Crippen molar-refractivity contribution < 1.29 is 4.42 Å². The van der Waals surface area contributed by atoms with E-state index < -0.39 is 0 Å². The number of aryl methyl sites for hydroxylation is 2. The van der Waals surface area contributed by atoms with Crippen LogP contribution in [0.5, 0.6) is 0 Å². The Labute approximate surface area is 150 Å². The van der Waals surface area contributed by atoms with Gasteiger partial charge < -0.3 is 8.98 Å². The molecule has 0 aliphatic heterocycles. The summed E-state index contributed by atoms with van der Waals surface area (Å²) in [5.41, 5.74) is 4.24. The van der Waals surface area contributed by atoms with Crippen molar-refractivity contribution in [2.45, 2.75) is 24.3 Å². The molecule has 1 unspecified atom stereocenters. The summed E-state index contributed by atoms with van der Waals surface area (Å²) in [6, 6.07) is 16.2. The van der Waals surface area contributed by atoms with Gasteiger partial charge in [0, 0.05) is 12.6 Å². The number of fused-ring (bicyclic) bond motifs is 1. The largest absolute Gasteiger partial charge is 0.419 e. The standard InChI is InChI=1S/C19H18N4OS/c1-12-8-10-14(11-9-12)18-22-21-17(24-18)13(2)25-19-20-15-6-4-5-7-16(15)23(19)3/h4-11,13H,1-3H3. The van der Waals surface area contributed by atoms with Crippen LogP contribution < -0.4 is 0 Å². The first-order valence-electron chi connectivity index (χ1n) is 8.10. The molecule has 0 saturated heterocycles. The summed E-state index contributed by atoms with van der Waals surface area (Å²) in [7, 11) is 2.02. The zero-order valence-corrected chi connectivity index (χ0v) is 15.1. The number of rotatable bonds is 4. The molecule has 0 spiro atoms. The predicted octanol–water partition coefficient (Wildman–Crippen LogP) is 4.79. The molecule has 0 fully saturated rings. The normalized spacial score (nSPS) is 12.6. The Kier molecular flexibility index (Phi) is 4.05.